The summed E-state index contributed by atoms with van der Waals surface area (Å²) < 4.78 is 5.46. The fourth-order valence-corrected chi connectivity index (χ4v) is 1.70. The number of furan rings is 1. The molecule has 0 atom stereocenters. The molecule has 3 aromatic rings. The Bertz CT molecular complexity index is 703. The van der Waals surface area contributed by atoms with Crippen LogP contribution in [0.25, 0.3) is 21.9 Å². The fraction of sp³-hybridized carbons (Fsp3) is 0. The number of rotatable bonds is 1. The molecule has 0 aliphatic heterocycles. The number of nitrogens with zero attached hydrogens (tertiary/aromatic N) is 2. The van der Waals surface area contributed by atoms with Gasteiger partial charge in [0.05, 0.1) is 0 Å². The minimum atomic E-state index is -1.10. The molecular formula is C11H6N2O3. The van der Waals surface area contributed by atoms with Gasteiger partial charge in [-0.05, 0) is 12.1 Å². The van der Waals surface area contributed by atoms with Crippen molar-refractivity contribution in [3.63, 3.8) is 0 Å². The number of carbonyl (C=O) groups is 1. The first-order valence-electron chi connectivity index (χ1n) is 4.62. The second-order valence-corrected chi connectivity index (χ2v) is 3.32. The van der Waals surface area contributed by atoms with Crippen molar-refractivity contribution in [2.75, 3.05) is 0 Å². The van der Waals surface area contributed by atoms with Crippen LogP contribution in [0.3, 0.4) is 0 Å². The number of pyridine rings is 2. The Morgan fingerprint density at radius 1 is 1.25 bits per heavy atom. The van der Waals surface area contributed by atoms with E-state index in [1.807, 2.05) is 0 Å². The lowest BCUT2D eigenvalue weighted by Crippen LogP contribution is -1.99. The van der Waals surface area contributed by atoms with E-state index in [1.54, 1.807) is 24.5 Å². The molecule has 5 heteroatoms. The van der Waals surface area contributed by atoms with Crippen molar-refractivity contribution >= 4 is 27.9 Å². The van der Waals surface area contributed by atoms with Crippen LogP contribution < -0.4 is 0 Å². The predicted molar refractivity (Wildman–Crippen MR) is 56.3 cm³/mol. The number of carboxylic acid groups (broad SMARTS) is 1. The van der Waals surface area contributed by atoms with Gasteiger partial charge < -0.3 is 9.52 Å². The van der Waals surface area contributed by atoms with Crippen molar-refractivity contribution in [1.29, 1.82) is 0 Å². The zero-order chi connectivity index (χ0) is 11.1. The Morgan fingerprint density at radius 2 is 2.12 bits per heavy atom. The van der Waals surface area contributed by atoms with Crippen LogP contribution >= 0.6 is 0 Å². The molecule has 0 saturated heterocycles. The summed E-state index contributed by atoms with van der Waals surface area (Å²) in [6.45, 7) is 0. The van der Waals surface area contributed by atoms with E-state index in [0.29, 0.717) is 5.58 Å². The third kappa shape index (κ3) is 1.08. The van der Waals surface area contributed by atoms with Crippen LogP contribution in [0.4, 0.5) is 0 Å². The minimum Gasteiger partial charge on any atom is -0.476 e. The molecule has 16 heavy (non-hydrogen) atoms. The highest BCUT2D eigenvalue weighted by molar-refractivity contribution is 6.10. The largest absolute Gasteiger partial charge is 0.476 e. The van der Waals surface area contributed by atoms with Gasteiger partial charge in [0.25, 0.3) is 0 Å². The van der Waals surface area contributed by atoms with Crippen LogP contribution in [0, 0.1) is 0 Å². The van der Waals surface area contributed by atoms with Crippen molar-refractivity contribution in [1.82, 2.24) is 9.97 Å². The van der Waals surface area contributed by atoms with Gasteiger partial charge in [0, 0.05) is 29.4 Å². The molecular weight excluding hydrogens is 208 g/mol. The van der Waals surface area contributed by atoms with Crippen LogP contribution in [0.5, 0.6) is 0 Å². The fourth-order valence-electron chi connectivity index (χ4n) is 1.70. The van der Waals surface area contributed by atoms with Crippen molar-refractivity contribution in [3.05, 3.63) is 36.4 Å². The van der Waals surface area contributed by atoms with Crippen molar-refractivity contribution in [2.45, 2.75) is 0 Å². The zero-order valence-corrected chi connectivity index (χ0v) is 8.04. The van der Waals surface area contributed by atoms with E-state index in [9.17, 15) is 4.79 Å². The predicted octanol–water partition coefficient (Wildman–Crippen LogP) is 2.07. The molecule has 0 aliphatic rings. The van der Waals surface area contributed by atoms with E-state index < -0.39 is 5.97 Å². The number of carboxylic acids is 1. The van der Waals surface area contributed by atoms with E-state index in [-0.39, 0.29) is 11.3 Å². The molecule has 3 heterocycles. The van der Waals surface area contributed by atoms with Gasteiger partial charge in [0.1, 0.15) is 5.58 Å². The lowest BCUT2D eigenvalue weighted by atomic mass is 10.2. The maximum Gasteiger partial charge on any atom is 0.358 e. The van der Waals surface area contributed by atoms with E-state index >= 15 is 0 Å². The molecule has 0 bridgehead atoms. The summed E-state index contributed by atoms with van der Waals surface area (Å²) in [4.78, 5) is 18.7. The molecule has 0 radical (unpaired) electrons. The maximum atomic E-state index is 11.0. The zero-order valence-electron chi connectivity index (χ0n) is 8.04. The Hall–Kier alpha value is -2.43. The molecule has 5 nitrogen and oxygen atoms in total. The van der Waals surface area contributed by atoms with Crippen LogP contribution in [0.1, 0.15) is 10.5 Å². The summed E-state index contributed by atoms with van der Waals surface area (Å²) >= 11 is 0. The highest BCUT2D eigenvalue weighted by Gasteiger charge is 2.15. The van der Waals surface area contributed by atoms with E-state index in [4.69, 9.17) is 9.52 Å². The average Bonchev–Trinajstić information content (AvgIpc) is 2.67. The molecule has 78 valence electrons. The van der Waals surface area contributed by atoms with Gasteiger partial charge in [-0.2, -0.15) is 0 Å². The first-order valence-corrected chi connectivity index (χ1v) is 4.62. The lowest BCUT2D eigenvalue weighted by Gasteiger charge is -1.93. The number of hydrogen-bond donors (Lipinski definition) is 1. The number of fused-ring (bicyclic) bond motifs is 3. The standard InChI is InChI=1S/C11H6N2O3/c14-11(15)9-10-6(1-4-13-9)7-5-12-3-2-8(7)16-10/h1-5H,(H,14,15). The second-order valence-electron chi connectivity index (χ2n) is 3.32. The Morgan fingerprint density at radius 3 is 2.94 bits per heavy atom. The lowest BCUT2D eigenvalue weighted by molar-refractivity contribution is 0.0691. The Labute approximate surface area is 89.3 Å². The maximum absolute atomic E-state index is 11.0. The second kappa shape index (κ2) is 3.03. The smallest absolute Gasteiger partial charge is 0.358 e. The van der Waals surface area contributed by atoms with Gasteiger partial charge in [0.15, 0.2) is 11.3 Å². The quantitative estimate of drug-likeness (QED) is 0.671. The third-order valence-corrected chi connectivity index (χ3v) is 2.39. The van der Waals surface area contributed by atoms with Gasteiger partial charge in [-0.1, -0.05) is 0 Å². The number of aromatic nitrogens is 2. The summed E-state index contributed by atoms with van der Waals surface area (Å²) in [7, 11) is 0. The summed E-state index contributed by atoms with van der Waals surface area (Å²) in [5.41, 5.74) is 0.826. The molecule has 0 spiro atoms. The SMILES string of the molecule is O=C(O)c1nccc2c1oc1ccncc12. The average molecular weight is 214 g/mol. The summed E-state index contributed by atoms with van der Waals surface area (Å²) in [6.07, 6.45) is 4.69. The minimum absolute atomic E-state index is 0.0753. The summed E-state index contributed by atoms with van der Waals surface area (Å²) in [5, 5.41) is 10.5. The van der Waals surface area contributed by atoms with Gasteiger partial charge >= 0.3 is 5.97 Å². The number of aromatic carboxylic acids is 1. The van der Waals surface area contributed by atoms with Crippen LogP contribution in [-0.4, -0.2) is 21.0 Å². The van der Waals surface area contributed by atoms with Crippen molar-refractivity contribution in [3.8, 4) is 0 Å². The van der Waals surface area contributed by atoms with E-state index in [0.717, 1.165) is 10.8 Å². The van der Waals surface area contributed by atoms with Crippen LogP contribution in [0.2, 0.25) is 0 Å². The molecule has 0 amide bonds. The Balaban J connectivity index is 2.54. The molecule has 0 saturated carbocycles. The molecule has 0 aromatic carbocycles. The van der Waals surface area contributed by atoms with Crippen molar-refractivity contribution < 1.29 is 14.3 Å². The normalized spacial score (nSPS) is 11.0. The molecule has 3 aromatic heterocycles. The van der Waals surface area contributed by atoms with Gasteiger partial charge in [0.2, 0.25) is 0 Å². The summed E-state index contributed by atoms with van der Waals surface area (Å²) in [6, 6.07) is 3.41. The van der Waals surface area contributed by atoms with E-state index in [2.05, 4.69) is 9.97 Å². The van der Waals surface area contributed by atoms with Gasteiger partial charge in [-0.25, -0.2) is 9.78 Å². The molecule has 0 unspecified atom stereocenters. The Kier molecular flexibility index (Phi) is 1.67. The van der Waals surface area contributed by atoms with Gasteiger partial charge in [-0.3, -0.25) is 4.98 Å². The van der Waals surface area contributed by atoms with Crippen molar-refractivity contribution in [2.24, 2.45) is 0 Å². The van der Waals surface area contributed by atoms with Crippen LogP contribution in [-0.2, 0) is 0 Å². The number of hydrogen-bond acceptors (Lipinski definition) is 4. The molecule has 1 N–H and O–H groups in total. The van der Waals surface area contributed by atoms with Gasteiger partial charge in [-0.15, -0.1) is 0 Å². The molecule has 3 rings (SSSR count). The third-order valence-electron chi connectivity index (χ3n) is 2.39. The summed E-state index contributed by atoms with van der Waals surface area (Å²) in [5.74, 6) is -1.10. The van der Waals surface area contributed by atoms with E-state index in [1.165, 1.54) is 6.20 Å². The first-order chi connectivity index (χ1) is 7.77. The van der Waals surface area contributed by atoms with Crippen LogP contribution in [0.15, 0.2) is 35.1 Å². The monoisotopic (exact) mass is 214 g/mol. The molecule has 0 aliphatic carbocycles. The highest BCUT2D eigenvalue weighted by Crippen LogP contribution is 2.28. The highest BCUT2D eigenvalue weighted by atomic mass is 16.4. The first kappa shape index (κ1) is 8.84. The topological polar surface area (TPSA) is 76.2 Å². The molecule has 0 fully saturated rings.